The highest BCUT2D eigenvalue weighted by Gasteiger charge is 2.05. The summed E-state index contributed by atoms with van der Waals surface area (Å²) in [5.74, 6) is 0.254. The molecular formula is C18H13N3O4. The Kier molecular flexibility index (Phi) is 4.66. The van der Waals surface area contributed by atoms with Crippen LogP contribution in [-0.4, -0.2) is 15.8 Å². The third-order valence-corrected chi connectivity index (χ3v) is 3.36. The molecule has 3 rings (SSSR count). The van der Waals surface area contributed by atoms with Gasteiger partial charge in [-0.2, -0.15) is 0 Å². The van der Waals surface area contributed by atoms with E-state index >= 15 is 0 Å². The molecule has 25 heavy (non-hydrogen) atoms. The molecule has 7 heteroatoms. The summed E-state index contributed by atoms with van der Waals surface area (Å²) in [7, 11) is 0. The normalized spacial score (nSPS) is 10.7. The maximum absolute atomic E-state index is 12.0. The molecule has 1 N–H and O–H groups in total. The third kappa shape index (κ3) is 4.17. The van der Waals surface area contributed by atoms with E-state index in [9.17, 15) is 14.9 Å². The summed E-state index contributed by atoms with van der Waals surface area (Å²) in [5.41, 5.74) is 1.93. The SMILES string of the molecule is O=C(/C=C\c1cccc([N+](=O)[O-])c1)Nc1cccc(-c2cnco2)c1. The highest BCUT2D eigenvalue weighted by atomic mass is 16.6. The van der Waals surface area contributed by atoms with Crippen LogP contribution in [0, 0.1) is 10.1 Å². The van der Waals surface area contributed by atoms with Gasteiger partial charge in [0.25, 0.3) is 5.69 Å². The fourth-order valence-electron chi connectivity index (χ4n) is 2.21. The second-order valence-electron chi connectivity index (χ2n) is 5.12. The van der Waals surface area contributed by atoms with Crippen molar-refractivity contribution in [3.8, 4) is 11.3 Å². The number of nitro groups is 1. The average Bonchev–Trinajstić information content (AvgIpc) is 3.15. The number of carbonyl (C=O) groups is 1. The number of nitro benzene ring substituents is 1. The number of carbonyl (C=O) groups excluding carboxylic acids is 1. The van der Waals surface area contributed by atoms with Gasteiger partial charge in [0.05, 0.1) is 11.1 Å². The standard InChI is InChI=1S/C18H13N3O4/c22-18(8-7-13-3-1-6-16(9-13)21(23)24)20-15-5-2-4-14(10-15)17-11-19-12-25-17/h1-12H,(H,20,22)/b8-7-. The zero-order valence-electron chi connectivity index (χ0n) is 13.0. The van der Waals surface area contributed by atoms with Crippen molar-refractivity contribution in [3.63, 3.8) is 0 Å². The van der Waals surface area contributed by atoms with Gasteiger partial charge in [0.1, 0.15) is 0 Å². The van der Waals surface area contributed by atoms with E-state index in [-0.39, 0.29) is 11.6 Å². The predicted octanol–water partition coefficient (Wildman–Crippen LogP) is 3.90. The Hall–Kier alpha value is -3.74. The minimum atomic E-state index is -0.480. The van der Waals surface area contributed by atoms with Crippen molar-refractivity contribution >= 4 is 23.4 Å². The van der Waals surface area contributed by atoms with Gasteiger partial charge in [-0.15, -0.1) is 0 Å². The van der Waals surface area contributed by atoms with Crippen LogP contribution in [0.5, 0.6) is 0 Å². The van der Waals surface area contributed by atoms with E-state index in [4.69, 9.17) is 4.42 Å². The highest BCUT2D eigenvalue weighted by Crippen LogP contribution is 2.22. The molecule has 124 valence electrons. The molecule has 7 nitrogen and oxygen atoms in total. The quantitative estimate of drug-likeness (QED) is 0.433. The summed E-state index contributed by atoms with van der Waals surface area (Å²) in [6, 6.07) is 13.2. The number of hydrogen-bond acceptors (Lipinski definition) is 5. The number of anilines is 1. The van der Waals surface area contributed by atoms with Gasteiger partial charge < -0.3 is 9.73 Å². The molecule has 0 unspecified atom stereocenters. The molecule has 0 fully saturated rings. The summed E-state index contributed by atoms with van der Waals surface area (Å²) in [6.45, 7) is 0. The van der Waals surface area contributed by atoms with Gasteiger partial charge in [0, 0.05) is 29.5 Å². The zero-order chi connectivity index (χ0) is 17.6. The molecule has 0 aliphatic rings. The van der Waals surface area contributed by atoms with E-state index in [1.165, 1.54) is 30.7 Å². The molecule has 0 bridgehead atoms. The highest BCUT2D eigenvalue weighted by molar-refractivity contribution is 6.02. The Morgan fingerprint density at radius 2 is 2.04 bits per heavy atom. The summed E-state index contributed by atoms with van der Waals surface area (Å²) >= 11 is 0. The number of nitrogens with one attached hydrogen (secondary N) is 1. The van der Waals surface area contributed by atoms with E-state index in [0.717, 1.165) is 5.56 Å². The Morgan fingerprint density at radius 3 is 2.80 bits per heavy atom. The van der Waals surface area contributed by atoms with E-state index < -0.39 is 4.92 Å². The second kappa shape index (κ2) is 7.22. The predicted molar refractivity (Wildman–Crippen MR) is 92.7 cm³/mol. The fourth-order valence-corrected chi connectivity index (χ4v) is 2.21. The number of nitrogens with zero attached hydrogens (tertiary/aromatic N) is 2. The number of amides is 1. The third-order valence-electron chi connectivity index (χ3n) is 3.36. The molecule has 3 aromatic rings. The summed E-state index contributed by atoms with van der Waals surface area (Å²) < 4.78 is 5.22. The smallest absolute Gasteiger partial charge is 0.270 e. The molecule has 1 heterocycles. The molecule has 1 amide bonds. The Labute approximate surface area is 142 Å². The van der Waals surface area contributed by atoms with Gasteiger partial charge in [0.15, 0.2) is 12.2 Å². The summed E-state index contributed by atoms with van der Waals surface area (Å²) in [4.78, 5) is 26.2. The van der Waals surface area contributed by atoms with Crippen LogP contribution in [0.25, 0.3) is 17.4 Å². The molecule has 2 aromatic carbocycles. The van der Waals surface area contributed by atoms with Gasteiger partial charge in [0.2, 0.25) is 5.91 Å². The molecule has 0 radical (unpaired) electrons. The first-order valence-electron chi connectivity index (χ1n) is 7.34. The summed E-state index contributed by atoms with van der Waals surface area (Å²) in [6.07, 6.45) is 5.76. The first-order valence-corrected chi connectivity index (χ1v) is 7.34. The lowest BCUT2D eigenvalue weighted by molar-refractivity contribution is -0.384. The Morgan fingerprint density at radius 1 is 1.20 bits per heavy atom. The first-order chi connectivity index (χ1) is 12.1. The van der Waals surface area contributed by atoms with Crippen LogP contribution in [0.4, 0.5) is 11.4 Å². The largest absolute Gasteiger partial charge is 0.444 e. The number of hydrogen-bond donors (Lipinski definition) is 1. The molecule has 0 saturated heterocycles. The van der Waals surface area contributed by atoms with E-state index in [0.29, 0.717) is 17.0 Å². The van der Waals surface area contributed by atoms with Crippen molar-refractivity contribution in [1.29, 1.82) is 0 Å². The monoisotopic (exact) mass is 335 g/mol. The van der Waals surface area contributed by atoms with Crippen molar-refractivity contribution in [3.05, 3.63) is 82.9 Å². The van der Waals surface area contributed by atoms with E-state index in [1.807, 2.05) is 6.07 Å². The van der Waals surface area contributed by atoms with Crippen molar-refractivity contribution < 1.29 is 14.1 Å². The molecule has 0 atom stereocenters. The number of non-ortho nitro benzene ring substituents is 1. The van der Waals surface area contributed by atoms with Crippen LogP contribution in [-0.2, 0) is 4.79 Å². The lowest BCUT2D eigenvalue weighted by atomic mass is 10.1. The number of oxazole rings is 1. The molecule has 1 aromatic heterocycles. The van der Waals surface area contributed by atoms with E-state index in [1.54, 1.807) is 36.5 Å². The maximum atomic E-state index is 12.0. The van der Waals surface area contributed by atoms with Crippen LogP contribution < -0.4 is 5.32 Å². The van der Waals surface area contributed by atoms with Crippen LogP contribution in [0.15, 0.2) is 71.6 Å². The van der Waals surface area contributed by atoms with Gasteiger partial charge >= 0.3 is 0 Å². The minimum absolute atomic E-state index is 0.0256. The zero-order valence-corrected chi connectivity index (χ0v) is 13.0. The number of rotatable bonds is 5. The van der Waals surface area contributed by atoms with Gasteiger partial charge in [-0.1, -0.05) is 24.3 Å². The average molecular weight is 335 g/mol. The summed E-state index contributed by atoms with van der Waals surface area (Å²) in [5, 5.41) is 13.5. The number of benzene rings is 2. The van der Waals surface area contributed by atoms with E-state index in [2.05, 4.69) is 10.3 Å². The Bertz CT molecular complexity index is 933. The van der Waals surface area contributed by atoms with Gasteiger partial charge in [-0.05, 0) is 23.8 Å². The van der Waals surface area contributed by atoms with Crippen LogP contribution in [0.1, 0.15) is 5.56 Å². The van der Waals surface area contributed by atoms with Gasteiger partial charge in [-0.3, -0.25) is 14.9 Å². The van der Waals surface area contributed by atoms with Crippen LogP contribution in [0.3, 0.4) is 0 Å². The fraction of sp³-hybridized carbons (Fsp3) is 0. The topological polar surface area (TPSA) is 98.3 Å². The second-order valence-corrected chi connectivity index (χ2v) is 5.12. The first kappa shape index (κ1) is 16.1. The minimum Gasteiger partial charge on any atom is -0.444 e. The van der Waals surface area contributed by atoms with Crippen molar-refractivity contribution in [2.45, 2.75) is 0 Å². The molecule has 0 aliphatic heterocycles. The number of aromatic nitrogens is 1. The Balaban J connectivity index is 1.69. The lowest BCUT2D eigenvalue weighted by Crippen LogP contribution is -2.07. The molecule has 0 saturated carbocycles. The maximum Gasteiger partial charge on any atom is 0.270 e. The van der Waals surface area contributed by atoms with Crippen LogP contribution >= 0.6 is 0 Å². The molecule has 0 spiro atoms. The molecule has 0 aliphatic carbocycles. The molecular weight excluding hydrogens is 322 g/mol. The van der Waals surface area contributed by atoms with Crippen LogP contribution in [0.2, 0.25) is 0 Å². The van der Waals surface area contributed by atoms with Crippen molar-refractivity contribution in [1.82, 2.24) is 4.98 Å². The van der Waals surface area contributed by atoms with Crippen molar-refractivity contribution in [2.75, 3.05) is 5.32 Å². The lowest BCUT2D eigenvalue weighted by Gasteiger charge is -2.04. The van der Waals surface area contributed by atoms with Crippen molar-refractivity contribution in [2.24, 2.45) is 0 Å². The van der Waals surface area contributed by atoms with Gasteiger partial charge in [-0.25, -0.2) is 4.98 Å².